The third-order valence-corrected chi connectivity index (χ3v) is 2.43. The van der Waals surface area contributed by atoms with Gasteiger partial charge in [0.15, 0.2) is 0 Å². The van der Waals surface area contributed by atoms with Gasteiger partial charge < -0.3 is 9.90 Å². The van der Waals surface area contributed by atoms with Crippen molar-refractivity contribution >= 4 is 5.97 Å². The van der Waals surface area contributed by atoms with Crippen LogP contribution in [0.2, 0.25) is 0 Å². The van der Waals surface area contributed by atoms with E-state index in [1.165, 1.54) is 5.56 Å². The molecule has 0 aliphatic rings. The summed E-state index contributed by atoms with van der Waals surface area (Å²) in [5.74, 6) is -0.978. The molecule has 1 aromatic carbocycles. The van der Waals surface area contributed by atoms with E-state index in [1.807, 2.05) is 30.3 Å². The topological polar surface area (TPSA) is 40.1 Å². The molecule has 0 atom stereocenters. The minimum absolute atomic E-state index is 0.610. The van der Waals surface area contributed by atoms with Gasteiger partial charge in [-0.15, -0.1) is 0 Å². The van der Waals surface area contributed by atoms with Crippen molar-refractivity contribution in [2.45, 2.75) is 26.7 Å². The summed E-state index contributed by atoms with van der Waals surface area (Å²) in [6.45, 7) is 3.40. The van der Waals surface area contributed by atoms with E-state index in [9.17, 15) is 9.90 Å². The van der Waals surface area contributed by atoms with Crippen LogP contribution in [-0.2, 0) is 11.2 Å². The number of benzene rings is 1. The van der Waals surface area contributed by atoms with Crippen LogP contribution in [0.5, 0.6) is 0 Å². The second-order valence-corrected chi connectivity index (χ2v) is 4.16. The van der Waals surface area contributed by atoms with E-state index in [-0.39, 0.29) is 0 Å². The van der Waals surface area contributed by atoms with Crippen LogP contribution in [0.1, 0.15) is 25.8 Å². The Balaban J connectivity index is 2.53. The number of carbonyl (C=O) groups excluding carboxylic acids is 1. The van der Waals surface area contributed by atoms with Gasteiger partial charge in [0.1, 0.15) is 0 Å². The lowest BCUT2D eigenvalue weighted by Crippen LogP contribution is -2.38. The molecule has 76 valence electrons. The molecular formula is C12H15O2-. The maximum absolute atomic E-state index is 10.7. The number of carbonyl (C=O) groups is 1. The Morgan fingerprint density at radius 1 is 1.29 bits per heavy atom. The molecule has 2 nitrogen and oxygen atoms in total. The zero-order valence-electron chi connectivity index (χ0n) is 8.62. The monoisotopic (exact) mass is 191 g/mol. The van der Waals surface area contributed by atoms with Crippen molar-refractivity contribution in [3.63, 3.8) is 0 Å². The first kappa shape index (κ1) is 10.8. The van der Waals surface area contributed by atoms with Gasteiger partial charge in [-0.3, -0.25) is 0 Å². The summed E-state index contributed by atoms with van der Waals surface area (Å²) in [6, 6.07) is 9.88. The number of aliphatic carboxylic acids is 1. The Labute approximate surface area is 84.6 Å². The normalized spacial score (nSPS) is 11.3. The zero-order valence-corrected chi connectivity index (χ0v) is 8.62. The van der Waals surface area contributed by atoms with Crippen molar-refractivity contribution in [1.82, 2.24) is 0 Å². The number of carboxylic acids is 1. The fourth-order valence-electron chi connectivity index (χ4n) is 1.20. The van der Waals surface area contributed by atoms with Crippen LogP contribution in [-0.4, -0.2) is 5.97 Å². The Hall–Kier alpha value is -1.31. The molecule has 1 aromatic rings. The standard InChI is InChI=1S/C12H16O2/c1-12(2,11(13)14)9-8-10-6-4-3-5-7-10/h3-7H,8-9H2,1-2H3,(H,13,14)/p-1. The van der Waals surface area contributed by atoms with Gasteiger partial charge in [-0.2, -0.15) is 0 Å². The quantitative estimate of drug-likeness (QED) is 0.721. The van der Waals surface area contributed by atoms with E-state index < -0.39 is 11.4 Å². The molecule has 0 saturated carbocycles. The molecule has 0 bridgehead atoms. The molecule has 0 saturated heterocycles. The average molecular weight is 191 g/mol. The molecule has 2 heteroatoms. The fraction of sp³-hybridized carbons (Fsp3) is 0.417. The number of hydrogen-bond acceptors (Lipinski definition) is 2. The van der Waals surface area contributed by atoms with E-state index in [0.29, 0.717) is 6.42 Å². The Bertz CT molecular complexity index is 301. The number of aryl methyl sites for hydroxylation is 1. The summed E-state index contributed by atoms with van der Waals surface area (Å²) >= 11 is 0. The van der Waals surface area contributed by atoms with Crippen LogP contribution in [0.25, 0.3) is 0 Å². The third-order valence-electron chi connectivity index (χ3n) is 2.43. The number of rotatable bonds is 4. The molecule has 0 radical (unpaired) electrons. The van der Waals surface area contributed by atoms with E-state index in [4.69, 9.17) is 0 Å². The lowest BCUT2D eigenvalue weighted by atomic mass is 9.86. The second kappa shape index (κ2) is 4.27. The molecule has 14 heavy (non-hydrogen) atoms. The molecule has 0 spiro atoms. The summed E-state index contributed by atoms with van der Waals surface area (Å²) < 4.78 is 0. The van der Waals surface area contributed by atoms with Crippen LogP contribution in [0.3, 0.4) is 0 Å². The van der Waals surface area contributed by atoms with Crippen molar-refractivity contribution in [2.24, 2.45) is 5.41 Å². The summed E-state index contributed by atoms with van der Waals surface area (Å²) in [4.78, 5) is 10.7. The summed E-state index contributed by atoms with van der Waals surface area (Å²) in [5, 5.41) is 10.7. The van der Waals surface area contributed by atoms with E-state index in [0.717, 1.165) is 6.42 Å². The zero-order chi connectivity index (χ0) is 10.6. The summed E-state index contributed by atoms with van der Waals surface area (Å²) in [7, 11) is 0. The molecule has 0 aromatic heterocycles. The average Bonchev–Trinajstić information content (AvgIpc) is 2.16. The molecule has 0 aliphatic heterocycles. The van der Waals surface area contributed by atoms with Crippen LogP contribution < -0.4 is 5.11 Å². The van der Waals surface area contributed by atoms with Crippen molar-refractivity contribution in [2.75, 3.05) is 0 Å². The van der Waals surface area contributed by atoms with Crippen LogP contribution in [0, 0.1) is 5.41 Å². The van der Waals surface area contributed by atoms with Gasteiger partial charge in [0.05, 0.1) is 0 Å². The highest BCUT2D eigenvalue weighted by Crippen LogP contribution is 2.21. The Morgan fingerprint density at radius 3 is 2.36 bits per heavy atom. The molecule has 0 aliphatic carbocycles. The molecular weight excluding hydrogens is 176 g/mol. The minimum atomic E-state index is -0.978. The minimum Gasteiger partial charge on any atom is -0.550 e. The fourth-order valence-corrected chi connectivity index (χ4v) is 1.20. The number of hydrogen-bond donors (Lipinski definition) is 0. The van der Waals surface area contributed by atoms with Crippen LogP contribution >= 0.6 is 0 Å². The largest absolute Gasteiger partial charge is 0.550 e. The van der Waals surface area contributed by atoms with Gasteiger partial charge in [0.25, 0.3) is 0 Å². The Kier molecular flexibility index (Phi) is 3.28. The highest BCUT2D eigenvalue weighted by molar-refractivity contribution is 5.71. The highest BCUT2D eigenvalue weighted by atomic mass is 16.4. The Morgan fingerprint density at radius 2 is 1.86 bits per heavy atom. The SMILES string of the molecule is CC(C)(CCc1ccccc1)C(=O)[O-]. The van der Waals surface area contributed by atoms with E-state index in [1.54, 1.807) is 13.8 Å². The molecule has 0 N–H and O–H groups in total. The van der Waals surface area contributed by atoms with Crippen molar-refractivity contribution in [3.05, 3.63) is 35.9 Å². The number of carboxylic acid groups (broad SMARTS) is 1. The van der Waals surface area contributed by atoms with Gasteiger partial charge in [-0.1, -0.05) is 44.2 Å². The highest BCUT2D eigenvalue weighted by Gasteiger charge is 2.18. The molecule has 0 heterocycles. The first-order chi connectivity index (χ1) is 6.52. The third kappa shape index (κ3) is 2.87. The first-order valence-electron chi connectivity index (χ1n) is 4.78. The molecule has 0 fully saturated rings. The maximum Gasteiger partial charge on any atom is 0.0470 e. The first-order valence-corrected chi connectivity index (χ1v) is 4.78. The van der Waals surface area contributed by atoms with Gasteiger partial charge in [-0.05, 0) is 18.4 Å². The summed E-state index contributed by atoms with van der Waals surface area (Å²) in [5.41, 5.74) is 0.428. The van der Waals surface area contributed by atoms with Crippen molar-refractivity contribution in [3.8, 4) is 0 Å². The predicted octanol–water partition coefficient (Wildman–Crippen LogP) is 1.40. The molecule has 1 rings (SSSR count). The lowest BCUT2D eigenvalue weighted by Gasteiger charge is -2.25. The van der Waals surface area contributed by atoms with Gasteiger partial charge in [0, 0.05) is 11.4 Å². The van der Waals surface area contributed by atoms with Crippen molar-refractivity contribution in [1.29, 1.82) is 0 Å². The molecule has 0 amide bonds. The van der Waals surface area contributed by atoms with E-state index >= 15 is 0 Å². The van der Waals surface area contributed by atoms with Crippen LogP contribution in [0.15, 0.2) is 30.3 Å². The van der Waals surface area contributed by atoms with E-state index in [2.05, 4.69) is 0 Å². The molecule has 0 unspecified atom stereocenters. The van der Waals surface area contributed by atoms with Crippen molar-refractivity contribution < 1.29 is 9.90 Å². The van der Waals surface area contributed by atoms with Crippen LogP contribution in [0.4, 0.5) is 0 Å². The smallest absolute Gasteiger partial charge is 0.0470 e. The predicted molar refractivity (Wildman–Crippen MR) is 53.6 cm³/mol. The lowest BCUT2D eigenvalue weighted by molar-refractivity contribution is -0.317. The maximum atomic E-state index is 10.7. The second-order valence-electron chi connectivity index (χ2n) is 4.16. The van der Waals surface area contributed by atoms with Gasteiger partial charge >= 0.3 is 0 Å². The summed E-state index contributed by atoms with van der Waals surface area (Å²) in [6.07, 6.45) is 1.39. The van der Waals surface area contributed by atoms with Gasteiger partial charge in [0.2, 0.25) is 0 Å². The van der Waals surface area contributed by atoms with Gasteiger partial charge in [-0.25, -0.2) is 0 Å².